The predicted molar refractivity (Wildman–Crippen MR) is 65.8 cm³/mol. The summed E-state index contributed by atoms with van der Waals surface area (Å²) in [6.07, 6.45) is 6.34. The van der Waals surface area contributed by atoms with Crippen molar-refractivity contribution in [3.63, 3.8) is 0 Å². The van der Waals surface area contributed by atoms with Gasteiger partial charge in [-0.1, -0.05) is 6.42 Å². The Kier molecular flexibility index (Phi) is 4.79. The highest BCUT2D eigenvalue weighted by atomic mass is 16.5. The molecule has 0 aromatic heterocycles. The van der Waals surface area contributed by atoms with Crippen molar-refractivity contribution < 1.29 is 14.6 Å². The Labute approximate surface area is 103 Å². The topological polar surface area (TPSA) is 64.7 Å². The van der Waals surface area contributed by atoms with Gasteiger partial charge in [-0.2, -0.15) is 0 Å². The minimum Gasteiger partial charge on any atom is -0.388 e. The van der Waals surface area contributed by atoms with Gasteiger partial charge in [-0.3, -0.25) is 0 Å². The van der Waals surface area contributed by atoms with Crippen molar-refractivity contribution in [2.24, 2.45) is 11.7 Å². The molecule has 100 valence electrons. The second kappa shape index (κ2) is 6.14. The number of nitrogens with two attached hydrogens (primary N) is 1. The number of aliphatic hydroxyl groups is 1. The SMILES string of the molecule is NCC1(O)CCCC1CCOC1CCOCC1. The Bertz CT molecular complexity index is 231. The van der Waals surface area contributed by atoms with Crippen LogP contribution >= 0.6 is 0 Å². The maximum absolute atomic E-state index is 10.3. The fourth-order valence-electron chi connectivity index (χ4n) is 3.03. The second-order valence-corrected chi connectivity index (χ2v) is 5.37. The molecule has 0 bridgehead atoms. The zero-order valence-electron chi connectivity index (χ0n) is 10.6. The largest absolute Gasteiger partial charge is 0.388 e. The van der Waals surface area contributed by atoms with Gasteiger partial charge in [-0.05, 0) is 38.0 Å². The minimum atomic E-state index is -0.626. The monoisotopic (exact) mass is 243 g/mol. The lowest BCUT2D eigenvalue weighted by atomic mass is 9.88. The number of hydrogen-bond acceptors (Lipinski definition) is 4. The van der Waals surface area contributed by atoms with Crippen LogP contribution in [-0.4, -0.2) is 43.2 Å². The highest BCUT2D eigenvalue weighted by molar-refractivity contribution is 4.92. The summed E-state index contributed by atoms with van der Waals surface area (Å²) in [7, 11) is 0. The molecule has 2 atom stereocenters. The lowest BCUT2D eigenvalue weighted by molar-refractivity contribution is -0.0487. The summed E-state index contributed by atoms with van der Waals surface area (Å²) in [5, 5.41) is 10.3. The first-order valence-electron chi connectivity index (χ1n) is 6.86. The lowest BCUT2D eigenvalue weighted by Crippen LogP contribution is -2.41. The normalized spacial score (nSPS) is 35.3. The van der Waals surface area contributed by atoms with Crippen LogP contribution in [0.1, 0.15) is 38.5 Å². The van der Waals surface area contributed by atoms with Gasteiger partial charge >= 0.3 is 0 Å². The molecule has 0 amide bonds. The van der Waals surface area contributed by atoms with Crippen molar-refractivity contribution in [1.29, 1.82) is 0 Å². The van der Waals surface area contributed by atoms with Crippen molar-refractivity contribution >= 4 is 0 Å². The van der Waals surface area contributed by atoms with Crippen LogP contribution in [-0.2, 0) is 9.47 Å². The Hall–Kier alpha value is -0.160. The fraction of sp³-hybridized carbons (Fsp3) is 1.00. The van der Waals surface area contributed by atoms with E-state index in [2.05, 4.69) is 0 Å². The molecular weight excluding hydrogens is 218 g/mol. The smallest absolute Gasteiger partial charge is 0.0798 e. The Morgan fingerprint density at radius 1 is 1.29 bits per heavy atom. The summed E-state index contributed by atoms with van der Waals surface area (Å²) in [6, 6.07) is 0. The van der Waals surface area contributed by atoms with E-state index in [9.17, 15) is 5.11 Å². The molecule has 0 spiro atoms. The fourth-order valence-corrected chi connectivity index (χ4v) is 3.03. The van der Waals surface area contributed by atoms with Crippen molar-refractivity contribution in [3.8, 4) is 0 Å². The molecule has 1 heterocycles. The average Bonchev–Trinajstić information content (AvgIpc) is 2.73. The molecule has 2 aliphatic rings. The van der Waals surface area contributed by atoms with Crippen molar-refractivity contribution in [3.05, 3.63) is 0 Å². The molecule has 2 rings (SSSR count). The molecule has 4 nitrogen and oxygen atoms in total. The summed E-state index contributed by atoms with van der Waals surface area (Å²) in [5.74, 6) is 0.326. The molecule has 0 aromatic rings. The van der Waals surface area contributed by atoms with Gasteiger partial charge in [0, 0.05) is 26.4 Å². The van der Waals surface area contributed by atoms with Crippen LogP contribution in [0.15, 0.2) is 0 Å². The number of hydrogen-bond donors (Lipinski definition) is 2. The van der Waals surface area contributed by atoms with Gasteiger partial charge in [0.05, 0.1) is 11.7 Å². The van der Waals surface area contributed by atoms with Gasteiger partial charge in [-0.25, -0.2) is 0 Å². The third kappa shape index (κ3) is 3.41. The molecule has 2 unspecified atom stereocenters. The van der Waals surface area contributed by atoms with Gasteiger partial charge in [0.1, 0.15) is 0 Å². The van der Waals surface area contributed by atoms with E-state index in [0.717, 1.165) is 58.3 Å². The van der Waals surface area contributed by atoms with Crippen LogP contribution in [0.3, 0.4) is 0 Å². The molecule has 1 saturated heterocycles. The highest BCUT2D eigenvalue weighted by Crippen LogP contribution is 2.37. The maximum Gasteiger partial charge on any atom is 0.0798 e. The molecule has 0 radical (unpaired) electrons. The molecular formula is C13H25NO3. The number of ether oxygens (including phenoxy) is 2. The zero-order chi connectivity index (χ0) is 12.1. The first-order valence-corrected chi connectivity index (χ1v) is 6.86. The summed E-state index contributed by atoms with van der Waals surface area (Å²) < 4.78 is 11.1. The summed E-state index contributed by atoms with van der Waals surface area (Å²) in [4.78, 5) is 0. The molecule has 1 aliphatic carbocycles. The zero-order valence-corrected chi connectivity index (χ0v) is 10.6. The number of rotatable bonds is 5. The molecule has 3 N–H and O–H groups in total. The summed E-state index contributed by atoms with van der Waals surface area (Å²) in [6.45, 7) is 2.77. The van der Waals surface area contributed by atoms with Crippen LogP contribution in [0.4, 0.5) is 0 Å². The van der Waals surface area contributed by atoms with E-state index in [1.165, 1.54) is 0 Å². The van der Waals surface area contributed by atoms with Crippen LogP contribution in [0, 0.1) is 5.92 Å². The molecule has 17 heavy (non-hydrogen) atoms. The summed E-state index contributed by atoms with van der Waals surface area (Å²) in [5.41, 5.74) is 5.04. The standard InChI is InChI=1S/C13H25NO3/c14-10-13(15)6-1-2-11(13)3-9-17-12-4-7-16-8-5-12/h11-12,15H,1-10,14H2. The van der Waals surface area contributed by atoms with Crippen LogP contribution in [0.25, 0.3) is 0 Å². The predicted octanol–water partition coefficient (Wildman–Crippen LogP) is 1.06. The highest BCUT2D eigenvalue weighted by Gasteiger charge is 2.39. The van der Waals surface area contributed by atoms with Gasteiger partial charge in [0.2, 0.25) is 0 Å². The average molecular weight is 243 g/mol. The Balaban J connectivity index is 1.67. The first kappa shape index (κ1) is 13.3. The van der Waals surface area contributed by atoms with Gasteiger partial charge in [0.15, 0.2) is 0 Å². The lowest BCUT2D eigenvalue weighted by Gasteiger charge is -2.29. The van der Waals surface area contributed by atoms with E-state index in [-0.39, 0.29) is 0 Å². The van der Waals surface area contributed by atoms with Gasteiger partial charge in [-0.15, -0.1) is 0 Å². The van der Waals surface area contributed by atoms with Crippen molar-refractivity contribution in [1.82, 2.24) is 0 Å². The molecule has 1 aliphatic heterocycles. The third-order valence-electron chi connectivity index (χ3n) is 4.26. The Morgan fingerprint density at radius 3 is 2.76 bits per heavy atom. The maximum atomic E-state index is 10.3. The van der Waals surface area contributed by atoms with Gasteiger partial charge in [0.25, 0.3) is 0 Å². The summed E-state index contributed by atoms with van der Waals surface area (Å²) >= 11 is 0. The van der Waals surface area contributed by atoms with Gasteiger partial charge < -0.3 is 20.3 Å². The van der Waals surface area contributed by atoms with Crippen LogP contribution in [0.2, 0.25) is 0 Å². The third-order valence-corrected chi connectivity index (χ3v) is 4.26. The molecule has 2 fully saturated rings. The first-order chi connectivity index (χ1) is 8.24. The quantitative estimate of drug-likeness (QED) is 0.758. The van der Waals surface area contributed by atoms with Crippen molar-refractivity contribution in [2.75, 3.05) is 26.4 Å². The van der Waals surface area contributed by atoms with Crippen LogP contribution < -0.4 is 5.73 Å². The second-order valence-electron chi connectivity index (χ2n) is 5.37. The van der Waals surface area contributed by atoms with E-state index < -0.39 is 5.60 Å². The molecule has 0 aromatic carbocycles. The molecule has 1 saturated carbocycles. The Morgan fingerprint density at radius 2 is 2.06 bits per heavy atom. The van der Waals surface area contributed by atoms with E-state index in [4.69, 9.17) is 15.2 Å². The van der Waals surface area contributed by atoms with E-state index >= 15 is 0 Å². The van der Waals surface area contributed by atoms with Crippen LogP contribution in [0.5, 0.6) is 0 Å². The van der Waals surface area contributed by atoms with E-state index in [1.807, 2.05) is 0 Å². The molecule has 4 heteroatoms. The van der Waals surface area contributed by atoms with E-state index in [0.29, 0.717) is 18.6 Å². The minimum absolute atomic E-state index is 0.326. The van der Waals surface area contributed by atoms with Crippen molar-refractivity contribution in [2.45, 2.75) is 50.2 Å². The van der Waals surface area contributed by atoms with E-state index in [1.54, 1.807) is 0 Å².